The van der Waals surface area contributed by atoms with E-state index in [4.69, 9.17) is 5.73 Å². The first-order valence-electron chi connectivity index (χ1n) is 7.02. The molecule has 0 spiro atoms. The van der Waals surface area contributed by atoms with Crippen molar-refractivity contribution in [2.45, 2.75) is 45.6 Å². The van der Waals surface area contributed by atoms with Crippen LogP contribution in [-0.2, 0) is 6.54 Å². The highest BCUT2D eigenvalue weighted by molar-refractivity contribution is 7.07. The standard InChI is InChI=1S/C14H27N3S/c1-3-5-13(7-8-15)6-4-9-17(2)10-14-11-18-12-16-14/h11-13H,3-10,15H2,1-2H3. The van der Waals surface area contributed by atoms with E-state index in [1.807, 2.05) is 5.51 Å². The minimum absolute atomic E-state index is 0.827. The van der Waals surface area contributed by atoms with Crippen molar-refractivity contribution in [2.24, 2.45) is 11.7 Å². The third-order valence-electron chi connectivity index (χ3n) is 3.34. The van der Waals surface area contributed by atoms with Crippen LogP contribution in [0.3, 0.4) is 0 Å². The summed E-state index contributed by atoms with van der Waals surface area (Å²) in [6.45, 7) is 5.22. The van der Waals surface area contributed by atoms with Gasteiger partial charge < -0.3 is 10.6 Å². The van der Waals surface area contributed by atoms with E-state index in [9.17, 15) is 0 Å². The van der Waals surface area contributed by atoms with E-state index in [0.29, 0.717) is 0 Å². The summed E-state index contributed by atoms with van der Waals surface area (Å²) in [6.07, 6.45) is 6.37. The summed E-state index contributed by atoms with van der Waals surface area (Å²) < 4.78 is 0. The molecule has 0 bridgehead atoms. The maximum Gasteiger partial charge on any atom is 0.0795 e. The van der Waals surface area contributed by atoms with Gasteiger partial charge in [-0.05, 0) is 45.3 Å². The number of thiazole rings is 1. The average molecular weight is 269 g/mol. The highest BCUT2D eigenvalue weighted by Crippen LogP contribution is 2.17. The van der Waals surface area contributed by atoms with Gasteiger partial charge in [0.25, 0.3) is 0 Å². The van der Waals surface area contributed by atoms with Crippen molar-refractivity contribution in [3.63, 3.8) is 0 Å². The number of hydrogen-bond donors (Lipinski definition) is 1. The molecule has 1 atom stereocenters. The molecule has 1 rings (SSSR count). The number of nitrogens with zero attached hydrogens (tertiary/aromatic N) is 2. The quantitative estimate of drug-likeness (QED) is 0.709. The van der Waals surface area contributed by atoms with Crippen molar-refractivity contribution in [1.29, 1.82) is 0 Å². The summed E-state index contributed by atoms with van der Waals surface area (Å²) >= 11 is 1.67. The zero-order chi connectivity index (χ0) is 13.2. The SMILES string of the molecule is CCCC(CCN)CCCN(C)Cc1cscn1. The molecule has 0 aromatic carbocycles. The molecule has 0 fully saturated rings. The highest BCUT2D eigenvalue weighted by Gasteiger charge is 2.08. The lowest BCUT2D eigenvalue weighted by Gasteiger charge is -2.18. The van der Waals surface area contributed by atoms with Gasteiger partial charge in [0.15, 0.2) is 0 Å². The lowest BCUT2D eigenvalue weighted by atomic mass is 9.94. The molecule has 104 valence electrons. The van der Waals surface area contributed by atoms with Crippen molar-refractivity contribution in [3.8, 4) is 0 Å². The van der Waals surface area contributed by atoms with Crippen LogP contribution in [0.1, 0.15) is 44.7 Å². The van der Waals surface area contributed by atoms with Crippen molar-refractivity contribution in [1.82, 2.24) is 9.88 Å². The van der Waals surface area contributed by atoms with Gasteiger partial charge in [0.05, 0.1) is 11.2 Å². The number of hydrogen-bond acceptors (Lipinski definition) is 4. The van der Waals surface area contributed by atoms with Gasteiger partial charge in [-0.15, -0.1) is 11.3 Å². The van der Waals surface area contributed by atoms with Gasteiger partial charge in [0.1, 0.15) is 0 Å². The van der Waals surface area contributed by atoms with Crippen LogP contribution >= 0.6 is 11.3 Å². The van der Waals surface area contributed by atoms with Crippen molar-refractivity contribution >= 4 is 11.3 Å². The van der Waals surface area contributed by atoms with Crippen molar-refractivity contribution in [2.75, 3.05) is 20.1 Å². The molecule has 0 amide bonds. The first-order chi connectivity index (χ1) is 8.76. The fourth-order valence-electron chi connectivity index (χ4n) is 2.40. The van der Waals surface area contributed by atoms with Crippen LogP contribution in [0.25, 0.3) is 0 Å². The van der Waals surface area contributed by atoms with Crippen LogP contribution in [-0.4, -0.2) is 30.0 Å². The molecule has 3 nitrogen and oxygen atoms in total. The first-order valence-corrected chi connectivity index (χ1v) is 7.96. The van der Waals surface area contributed by atoms with Gasteiger partial charge in [0.2, 0.25) is 0 Å². The van der Waals surface area contributed by atoms with E-state index in [1.54, 1.807) is 11.3 Å². The van der Waals surface area contributed by atoms with Gasteiger partial charge in [-0.1, -0.05) is 19.8 Å². The molecular formula is C14H27N3S. The summed E-state index contributed by atoms with van der Waals surface area (Å²) in [5, 5.41) is 2.13. The molecule has 1 aromatic heterocycles. The lowest BCUT2D eigenvalue weighted by molar-refractivity contribution is 0.295. The minimum atomic E-state index is 0.827. The van der Waals surface area contributed by atoms with Crippen LogP contribution in [0.2, 0.25) is 0 Å². The Morgan fingerprint density at radius 2 is 2.22 bits per heavy atom. The zero-order valence-corrected chi connectivity index (χ0v) is 12.6. The third-order valence-corrected chi connectivity index (χ3v) is 3.97. The molecule has 2 N–H and O–H groups in total. The molecule has 1 aromatic rings. The molecule has 0 aliphatic rings. The molecule has 0 saturated carbocycles. The van der Waals surface area contributed by atoms with E-state index in [1.165, 1.54) is 37.8 Å². The highest BCUT2D eigenvalue weighted by atomic mass is 32.1. The van der Waals surface area contributed by atoms with E-state index < -0.39 is 0 Å². The molecule has 1 heterocycles. The summed E-state index contributed by atoms with van der Waals surface area (Å²) in [6, 6.07) is 0. The Kier molecular flexibility index (Phi) is 8.22. The summed E-state index contributed by atoms with van der Waals surface area (Å²) in [5.74, 6) is 0.827. The lowest BCUT2D eigenvalue weighted by Crippen LogP contribution is -2.20. The Morgan fingerprint density at radius 3 is 2.83 bits per heavy atom. The fourth-order valence-corrected chi connectivity index (χ4v) is 2.95. The molecule has 0 radical (unpaired) electrons. The molecule has 0 aliphatic carbocycles. The summed E-state index contributed by atoms with van der Waals surface area (Å²) in [7, 11) is 2.18. The predicted molar refractivity (Wildman–Crippen MR) is 79.8 cm³/mol. The van der Waals surface area contributed by atoms with E-state index in [2.05, 4.69) is 29.2 Å². The van der Waals surface area contributed by atoms with Crippen LogP contribution in [0.15, 0.2) is 10.9 Å². The largest absolute Gasteiger partial charge is 0.330 e. The number of nitrogens with two attached hydrogens (primary N) is 1. The minimum Gasteiger partial charge on any atom is -0.330 e. The second-order valence-electron chi connectivity index (χ2n) is 5.09. The van der Waals surface area contributed by atoms with Crippen LogP contribution in [0.4, 0.5) is 0 Å². The zero-order valence-electron chi connectivity index (χ0n) is 11.8. The van der Waals surface area contributed by atoms with E-state index in [0.717, 1.165) is 25.6 Å². The Morgan fingerprint density at radius 1 is 1.39 bits per heavy atom. The smallest absolute Gasteiger partial charge is 0.0795 e. The monoisotopic (exact) mass is 269 g/mol. The second-order valence-corrected chi connectivity index (χ2v) is 5.81. The first kappa shape index (κ1) is 15.6. The number of rotatable bonds is 10. The molecule has 18 heavy (non-hydrogen) atoms. The van der Waals surface area contributed by atoms with Crippen LogP contribution < -0.4 is 5.73 Å². The van der Waals surface area contributed by atoms with Gasteiger partial charge in [-0.3, -0.25) is 0 Å². The Hall–Kier alpha value is -0.450. The molecule has 0 saturated heterocycles. The maximum absolute atomic E-state index is 5.66. The van der Waals surface area contributed by atoms with Gasteiger partial charge >= 0.3 is 0 Å². The van der Waals surface area contributed by atoms with Crippen LogP contribution in [0.5, 0.6) is 0 Å². The van der Waals surface area contributed by atoms with Gasteiger partial charge in [-0.2, -0.15) is 0 Å². The Balaban J connectivity index is 2.15. The Labute approximate surface area is 115 Å². The Bertz CT molecular complexity index is 281. The molecule has 4 heteroatoms. The molecular weight excluding hydrogens is 242 g/mol. The predicted octanol–water partition coefficient (Wildman–Crippen LogP) is 3.12. The maximum atomic E-state index is 5.66. The van der Waals surface area contributed by atoms with Gasteiger partial charge in [-0.25, -0.2) is 4.98 Å². The van der Waals surface area contributed by atoms with Gasteiger partial charge in [0, 0.05) is 11.9 Å². The third kappa shape index (κ3) is 6.47. The second kappa shape index (κ2) is 9.48. The molecule has 0 aliphatic heterocycles. The fraction of sp³-hybridized carbons (Fsp3) is 0.786. The topological polar surface area (TPSA) is 42.1 Å². The van der Waals surface area contributed by atoms with Crippen molar-refractivity contribution < 1.29 is 0 Å². The van der Waals surface area contributed by atoms with E-state index in [-0.39, 0.29) is 0 Å². The number of aromatic nitrogens is 1. The van der Waals surface area contributed by atoms with Crippen LogP contribution in [0, 0.1) is 5.92 Å². The van der Waals surface area contributed by atoms with E-state index >= 15 is 0 Å². The van der Waals surface area contributed by atoms with Crippen molar-refractivity contribution in [3.05, 3.63) is 16.6 Å². The average Bonchev–Trinajstić information content (AvgIpc) is 2.82. The summed E-state index contributed by atoms with van der Waals surface area (Å²) in [4.78, 5) is 6.68. The normalized spacial score (nSPS) is 13.1. The molecule has 1 unspecified atom stereocenters. The summed E-state index contributed by atoms with van der Waals surface area (Å²) in [5.41, 5.74) is 8.76.